The third-order valence-electron chi connectivity index (χ3n) is 10.8. The number of rotatable bonds is 19. The summed E-state index contributed by atoms with van der Waals surface area (Å²) in [5.41, 5.74) is 9.21. The molecule has 1 heterocycles. The Hall–Kier alpha value is -2.83. The highest BCUT2D eigenvalue weighted by molar-refractivity contribution is 5.92. The summed E-state index contributed by atoms with van der Waals surface area (Å²) in [6.07, 6.45) is 10.3. The van der Waals surface area contributed by atoms with Gasteiger partial charge in [0.15, 0.2) is 0 Å². The van der Waals surface area contributed by atoms with Crippen LogP contribution in [0.5, 0.6) is 0 Å². The van der Waals surface area contributed by atoms with Gasteiger partial charge in [0.25, 0.3) is 0 Å². The molecule has 280 valence electrons. The number of carbonyl (C=O) groups excluding carboxylic acids is 1. The molecule has 7 nitrogen and oxygen atoms in total. The summed E-state index contributed by atoms with van der Waals surface area (Å²) in [7, 11) is 0. The molecule has 0 spiro atoms. The standard InChI is InChI=1S/C38H64N6O.2C2H6/c1-23(40-21-29-16-17-29)15-18-33(37(6,7)8)42-27(5)43-35(38(9,10)11)26(4)44-22-30-20-31(30)34(44)25(3)41-32(24(2)36(39)45)19-28-13-12-14-28;2*1-2/h28-35,40-43H,1-5,12-22H2,6-11H3,(H2,39,45);2*1-2H3/t30-,31-,32?,33?,34?,35?;;/m0../s1. The Kier molecular flexibility index (Phi) is 15.9. The summed E-state index contributed by atoms with van der Waals surface area (Å²) in [6.45, 7) is 45.7. The molecule has 3 saturated carbocycles. The van der Waals surface area contributed by atoms with Crippen LogP contribution in [0.4, 0.5) is 0 Å². The van der Waals surface area contributed by atoms with Crippen molar-refractivity contribution in [3.63, 3.8) is 0 Å². The molecule has 4 unspecified atom stereocenters. The Balaban J connectivity index is 0.00000201. The Morgan fingerprint density at radius 2 is 1.47 bits per heavy atom. The lowest BCUT2D eigenvalue weighted by atomic mass is 9.79. The van der Waals surface area contributed by atoms with Gasteiger partial charge in [0.1, 0.15) is 0 Å². The Labute approximate surface area is 302 Å². The Bertz CT molecular complexity index is 1150. The number of hydrogen-bond donors (Lipinski definition) is 5. The molecule has 4 rings (SSSR count). The number of nitrogens with zero attached hydrogens (tertiary/aromatic N) is 1. The largest absolute Gasteiger partial charge is 0.389 e. The molecule has 49 heavy (non-hydrogen) atoms. The number of allylic oxidation sites excluding steroid dienone is 1. The number of carbonyl (C=O) groups is 1. The quantitative estimate of drug-likeness (QED) is 0.0881. The first kappa shape index (κ1) is 42.3. The maximum atomic E-state index is 12.1. The number of likely N-dealkylation sites (tertiary alicyclic amines) is 1. The Morgan fingerprint density at radius 3 is 1.96 bits per heavy atom. The number of nitrogens with one attached hydrogen (secondary N) is 4. The summed E-state index contributed by atoms with van der Waals surface area (Å²) in [6, 6.07) is 0.139. The van der Waals surface area contributed by atoms with E-state index in [4.69, 9.17) is 12.3 Å². The summed E-state index contributed by atoms with van der Waals surface area (Å²) in [5.74, 6) is 3.01. The minimum atomic E-state index is -0.438. The zero-order chi connectivity index (χ0) is 37.3. The van der Waals surface area contributed by atoms with E-state index in [0.29, 0.717) is 23.3 Å². The zero-order valence-corrected chi connectivity index (χ0v) is 33.4. The van der Waals surface area contributed by atoms with Crippen LogP contribution < -0.4 is 27.0 Å². The molecule has 0 bridgehead atoms. The van der Waals surface area contributed by atoms with Crippen molar-refractivity contribution in [1.82, 2.24) is 26.2 Å². The maximum absolute atomic E-state index is 12.1. The van der Waals surface area contributed by atoms with Gasteiger partial charge >= 0.3 is 0 Å². The second-order valence-corrected chi connectivity index (χ2v) is 16.8. The fraction of sp³-hybridized carbons (Fsp3) is 0.738. The number of piperidine rings is 1. The molecule has 1 aliphatic heterocycles. The second kappa shape index (κ2) is 18.4. The molecule has 1 saturated heterocycles. The van der Waals surface area contributed by atoms with Crippen molar-refractivity contribution in [2.24, 2.45) is 40.2 Å². The number of fused-ring (bicyclic) bond motifs is 1. The zero-order valence-electron chi connectivity index (χ0n) is 33.4. The summed E-state index contributed by atoms with van der Waals surface area (Å²) in [5, 5.41) is 14.7. The molecule has 4 aliphatic rings. The molecule has 0 aromatic rings. The van der Waals surface area contributed by atoms with Crippen molar-refractivity contribution in [1.29, 1.82) is 0 Å². The molecule has 3 aliphatic carbocycles. The van der Waals surface area contributed by atoms with E-state index in [1.165, 1.54) is 38.5 Å². The first-order valence-electron chi connectivity index (χ1n) is 19.5. The van der Waals surface area contributed by atoms with Gasteiger partial charge in [0.2, 0.25) is 5.91 Å². The first-order valence-corrected chi connectivity index (χ1v) is 19.5. The molecule has 7 heteroatoms. The summed E-state index contributed by atoms with van der Waals surface area (Å²) >= 11 is 0. The lowest BCUT2D eigenvalue weighted by Gasteiger charge is -2.43. The number of primary amides is 1. The van der Waals surface area contributed by atoms with Crippen LogP contribution in [0.25, 0.3) is 0 Å². The van der Waals surface area contributed by atoms with E-state index in [1.807, 2.05) is 27.7 Å². The summed E-state index contributed by atoms with van der Waals surface area (Å²) < 4.78 is 0. The van der Waals surface area contributed by atoms with Crippen molar-refractivity contribution in [3.05, 3.63) is 61.4 Å². The third kappa shape index (κ3) is 12.5. The van der Waals surface area contributed by atoms with E-state index in [0.717, 1.165) is 61.2 Å². The van der Waals surface area contributed by atoms with Gasteiger partial charge in [-0.1, -0.05) is 121 Å². The van der Waals surface area contributed by atoms with Gasteiger partial charge in [-0.2, -0.15) is 0 Å². The molecule has 0 radical (unpaired) electrons. The molecule has 1 amide bonds. The highest BCUT2D eigenvalue weighted by atomic mass is 16.1. The van der Waals surface area contributed by atoms with Crippen LogP contribution in [0.3, 0.4) is 0 Å². The van der Waals surface area contributed by atoms with E-state index in [-0.39, 0.29) is 35.0 Å². The minimum absolute atomic E-state index is 0.0348. The highest BCUT2D eigenvalue weighted by Gasteiger charge is 2.55. The minimum Gasteiger partial charge on any atom is -0.389 e. The fourth-order valence-corrected chi connectivity index (χ4v) is 7.17. The lowest BCUT2D eigenvalue weighted by Crippen LogP contribution is -2.52. The summed E-state index contributed by atoms with van der Waals surface area (Å²) in [4.78, 5) is 14.6. The molecular formula is C42H76N6O. The van der Waals surface area contributed by atoms with Crippen LogP contribution in [0, 0.1) is 34.5 Å². The smallest absolute Gasteiger partial charge is 0.246 e. The van der Waals surface area contributed by atoms with Gasteiger partial charge in [-0.3, -0.25) is 4.79 Å². The van der Waals surface area contributed by atoms with Crippen molar-refractivity contribution < 1.29 is 4.79 Å². The van der Waals surface area contributed by atoms with Crippen LogP contribution in [0.2, 0.25) is 0 Å². The molecule has 4 fully saturated rings. The highest BCUT2D eigenvalue weighted by Crippen LogP contribution is 2.53. The van der Waals surface area contributed by atoms with Crippen LogP contribution in [0.1, 0.15) is 127 Å². The van der Waals surface area contributed by atoms with Crippen molar-refractivity contribution in [2.75, 3.05) is 13.1 Å². The topological polar surface area (TPSA) is 94.4 Å². The average molecular weight is 681 g/mol. The van der Waals surface area contributed by atoms with Gasteiger partial charge in [0.05, 0.1) is 23.9 Å². The van der Waals surface area contributed by atoms with Crippen molar-refractivity contribution in [3.8, 4) is 0 Å². The number of nitrogens with two attached hydrogens (primary N) is 1. The molecular weight excluding hydrogens is 605 g/mol. The Morgan fingerprint density at radius 1 is 0.857 bits per heavy atom. The van der Waals surface area contributed by atoms with Gasteiger partial charge < -0.3 is 31.9 Å². The van der Waals surface area contributed by atoms with Crippen molar-refractivity contribution >= 4 is 5.91 Å². The third-order valence-corrected chi connectivity index (χ3v) is 10.8. The van der Waals surface area contributed by atoms with E-state index >= 15 is 0 Å². The number of hydrogen-bond acceptors (Lipinski definition) is 6. The normalized spacial score (nSPS) is 23.0. The van der Waals surface area contributed by atoms with Crippen LogP contribution in [0.15, 0.2) is 61.4 Å². The van der Waals surface area contributed by atoms with E-state index in [2.05, 4.69) is 94.0 Å². The van der Waals surface area contributed by atoms with Crippen LogP contribution in [-0.2, 0) is 4.79 Å². The maximum Gasteiger partial charge on any atom is 0.246 e. The first-order chi connectivity index (χ1) is 23.0. The van der Waals surface area contributed by atoms with Crippen molar-refractivity contribution in [2.45, 2.75) is 151 Å². The average Bonchev–Trinajstić information content (AvgIpc) is 3.95. The van der Waals surface area contributed by atoms with E-state index in [1.54, 1.807) is 0 Å². The van der Waals surface area contributed by atoms with Gasteiger partial charge in [-0.25, -0.2) is 0 Å². The predicted molar refractivity (Wildman–Crippen MR) is 211 cm³/mol. The van der Waals surface area contributed by atoms with Crippen LogP contribution in [-0.4, -0.2) is 48.1 Å². The lowest BCUT2D eigenvalue weighted by molar-refractivity contribution is -0.114. The fourth-order valence-electron chi connectivity index (χ4n) is 7.17. The van der Waals surface area contributed by atoms with Gasteiger partial charge in [0, 0.05) is 41.8 Å². The molecule has 6 N–H and O–H groups in total. The van der Waals surface area contributed by atoms with Crippen LogP contribution >= 0.6 is 0 Å². The van der Waals surface area contributed by atoms with Gasteiger partial charge in [-0.15, -0.1) is 0 Å². The molecule has 0 aromatic heterocycles. The van der Waals surface area contributed by atoms with Gasteiger partial charge in [-0.05, 0) is 73.0 Å². The molecule has 0 aromatic carbocycles. The van der Waals surface area contributed by atoms with E-state index in [9.17, 15) is 4.79 Å². The SMILES string of the molecule is C=C(CCC(NC(=C)NC(C(=C)N1C[C@@H]2C[C@@H]2C1C(=C)NC(CC1CCC1)C(=C)C(N)=O)C(C)(C)C)C(C)(C)C)NCC1CC1.CC.CC. The number of amides is 1. The molecule has 6 atom stereocenters. The second-order valence-electron chi connectivity index (χ2n) is 16.8. The monoisotopic (exact) mass is 681 g/mol. The predicted octanol–water partition coefficient (Wildman–Crippen LogP) is 8.35. The van der Waals surface area contributed by atoms with E-state index < -0.39 is 5.91 Å².